The summed E-state index contributed by atoms with van der Waals surface area (Å²) in [4.78, 5) is 14.1. The smallest absolute Gasteiger partial charge is 0.311 e. The fourth-order valence-electron chi connectivity index (χ4n) is 2.96. The normalized spacial score (nSPS) is 11.5. The molecule has 3 rings (SSSR count). The summed E-state index contributed by atoms with van der Waals surface area (Å²) in [7, 11) is 1.96. The number of esters is 1. The van der Waals surface area contributed by atoms with Crippen molar-refractivity contribution in [1.82, 2.24) is 0 Å². The van der Waals surface area contributed by atoms with Gasteiger partial charge in [-0.1, -0.05) is 12.8 Å². The molecule has 0 radical (unpaired) electrons. The average Bonchev–Trinajstić information content (AvgIpc) is 2.91. The average molecular weight is 482 g/mol. The van der Waals surface area contributed by atoms with E-state index in [1.165, 1.54) is 0 Å². The number of carbonyl (C=O) groups excluding carboxylic acids is 1. The van der Waals surface area contributed by atoms with Crippen LogP contribution < -0.4 is 4.90 Å². The lowest BCUT2D eigenvalue weighted by molar-refractivity contribution is -0.153. The molecular formula is C29H31N5O2. The molecule has 0 saturated heterocycles. The van der Waals surface area contributed by atoms with Gasteiger partial charge in [0.2, 0.25) is 0 Å². The molecule has 0 aliphatic heterocycles. The molecule has 0 bridgehead atoms. The van der Waals surface area contributed by atoms with Crippen LogP contribution in [-0.2, 0) is 9.53 Å². The van der Waals surface area contributed by atoms with Gasteiger partial charge in [-0.3, -0.25) is 4.79 Å². The highest BCUT2D eigenvalue weighted by atomic mass is 16.5. The first-order valence-electron chi connectivity index (χ1n) is 11.8. The second kappa shape index (κ2) is 12.4. The first kappa shape index (κ1) is 26.3. The first-order valence-corrected chi connectivity index (χ1v) is 11.8. The minimum absolute atomic E-state index is 0.166. The molecule has 0 spiro atoms. The van der Waals surface area contributed by atoms with Crippen LogP contribution in [0.4, 0.5) is 28.4 Å². The molecule has 0 amide bonds. The zero-order valence-corrected chi connectivity index (χ0v) is 21.2. The van der Waals surface area contributed by atoms with Gasteiger partial charge in [0.25, 0.3) is 0 Å². The van der Waals surface area contributed by atoms with Gasteiger partial charge in [0.1, 0.15) is 6.61 Å². The van der Waals surface area contributed by atoms with Crippen molar-refractivity contribution >= 4 is 34.4 Å². The largest absolute Gasteiger partial charge is 0.463 e. The fraction of sp³-hybridized carbons (Fsp3) is 0.276. The number of hydrogen-bond donors (Lipinski definition) is 0. The summed E-state index contributed by atoms with van der Waals surface area (Å²) in [6.45, 7) is 6.72. The topological polar surface area (TPSA) is 79.0 Å². The number of azo groups is 2. The van der Waals surface area contributed by atoms with E-state index in [2.05, 4.69) is 26.4 Å². The van der Waals surface area contributed by atoms with E-state index in [4.69, 9.17) is 11.2 Å². The standard InChI is InChI=1S/C29H31N5O2/c1-6-22-8-10-23(11-9-22)30-31-24-12-14-25(15-13-24)32-33-26-16-18-27(19-17-26)34(5)20-21-36-28(35)29(3,4)7-2/h1,8-19H,7,20-21H2,2-5H3/b31-30+,33-32+. The molecule has 0 aliphatic rings. The molecule has 7 heteroatoms. The maximum atomic E-state index is 12.1. The third-order valence-corrected chi connectivity index (χ3v) is 5.83. The van der Waals surface area contributed by atoms with Crippen molar-refractivity contribution in [2.24, 2.45) is 25.9 Å². The van der Waals surface area contributed by atoms with E-state index in [-0.39, 0.29) is 5.97 Å². The molecule has 0 saturated carbocycles. The van der Waals surface area contributed by atoms with Gasteiger partial charge >= 0.3 is 5.97 Å². The molecule has 0 heterocycles. The summed E-state index contributed by atoms with van der Waals surface area (Å²) in [5.74, 6) is 2.41. The number of nitrogens with zero attached hydrogens (tertiary/aromatic N) is 5. The van der Waals surface area contributed by atoms with Crippen LogP contribution >= 0.6 is 0 Å². The molecule has 36 heavy (non-hydrogen) atoms. The molecule has 3 aromatic carbocycles. The Kier molecular flexibility index (Phi) is 9.07. The summed E-state index contributed by atoms with van der Waals surface area (Å²) >= 11 is 0. The lowest BCUT2D eigenvalue weighted by atomic mass is 9.91. The fourth-order valence-corrected chi connectivity index (χ4v) is 2.96. The Morgan fingerprint density at radius 3 is 1.67 bits per heavy atom. The van der Waals surface area contributed by atoms with Crippen LogP contribution in [-0.4, -0.2) is 26.2 Å². The van der Waals surface area contributed by atoms with E-state index in [1.807, 2.05) is 106 Å². The number of ether oxygens (including phenoxy) is 1. The lowest BCUT2D eigenvalue weighted by Crippen LogP contribution is -2.30. The van der Waals surface area contributed by atoms with Crippen molar-refractivity contribution in [2.45, 2.75) is 27.2 Å². The van der Waals surface area contributed by atoms with E-state index in [0.717, 1.165) is 29.0 Å². The van der Waals surface area contributed by atoms with Gasteiger partial charge < -0.3 is 9.64 Å². The predicted molar refractivity (Wildman–Crippen MR) is 144 cm³/mol. The Bertz CT molecular complexity index is 1240. The number of rotatable bonds is 10. The van der Waals surface area contributed by atoms with Crippen molar-refractivity contribution in [1.29, 1.82) is 0 Å². The highest BCUT2D eigenvalue weighted by Crippen LogP contribution is 2.25. The van der Waals surface area contributed by atoms with E-state index in [9.17, 15) is 4.79 Å². The summed E-state index contributed by atoms with van der Waals surface area (Å²) in [6, 6.07) is 22.4. The third-order valence-electron chi connectivity index (χ3n) is 5.83. The molecule has 0 aromatic heterocycles. The molecule has 7 nitrogen and oxygen atoms in total. The molecular weight excluding hydrogens is 450 g/mol. The SMILES string of the molecule is C#Cc1ccc(/N=N/c2ccc(/N=N/c3ccc(N(C)CCOC(=O)C(C)(C)CC)cc3)cc2)cc1. The van der Waals surface area contributed by atoms with Crippen molar-refractivity contribution in [2.75, 3.05) is 25.1 Å². The number of likely N-dealkylation sites (N-methyl/N-ethyl adjacent to an activating group) is 1. The first-order chi connectivity index (χ1) is 17.3. The summed E-state index contributed by atoms with van der Waals surface area (Å²) in [5, 5.41) is 17.0. The quantitative estimate of drug-likeness (QED) is 0.168. The highest BCUT2D eigenvalue weighted by Gasteiger charge is 2.26. The number of benzene rings is 3. The van der Waals surface area contributed by atoms with Gasteiger partial charge in [0.15, 0.2) is 0 Å². The Balaban J connectivity index is 1.51. The summed E-state index contributed by atoms with van der Waals surface area (Å²) < 4.78 is 5.42. The number of anilines is 1. The monoisotopic (exact) mass is 481 g/mol. The van der Waals surface area contributed by atoms with Crippen LogP contribution in [0.25, 0.3) is 0 Å². The van der Waals surface area contributed by atoms with Gasteiger partial charge in [0.05, 0.1) is 34.7 Å². The zero-order chi connectivity index (χ0) is 26.0. The van der Waals surface area contributed by atoms with Crippen molar-refractivity contribution in [3.05, 3.63) is 78.4 Å². The van der Waals surface area contributed by atoms with Crippen LogP contribution in [0.15, 0.2) is 93.3 Å². The molecule has 0 fully saturated rings. The van der Waals surface area contributed by atoms with Crippen LogP contribution in [0.5, 0.6) is 0 Å². The van der Waals surface area contributed by atoms with Gasteiger partial charge in [-0.25, -0.2) is 0 Å². The van der Waals surface area contributed by atoms with Gasteiger partial charge in [0, 0.05) is 18.3 Å². The Labute approximate surface area is 212 Å². The zero-order valence-electron chi connectivity index (χ0n) is 21.2. The third kappa shape index (κ3) is 7.60. The van der Waals surface area contributed by atoms with Crippen LogP contribution in [0.2, 0.25) is 0 Å². The Morgan fingerprint density at radius 1 is 0.833 bits per heavy atom. The Morgan fingerprint density at radius 2 is 1.25 bits per heavy atom. The number of hydrogen-bond acceptors (Lipinski definition) is 7. The van der Waals surface area contributed by atoms with Gasteiger partial charge in [-0.15, -0.1) is 6.42 Å². The molecule has 184 valence electrons. The molecule has 0 atom stereocenters. The summed E-state index contributed by atoms with van der Waals surface area (Å²) in [6.07, 6.45) is 6.11. The number of carbonyl (C=O) groups is 1. The highest BCUT2D eigenvalue weighted by molar-refractivity contribution is 5.75. The van der Waals surface area contributed by atoms with Crippen molar-refractivity contribution < 1.29 is 9.53 Å². The van der Waals surface area contributed by atoms with E-state index < -0.39 is 5.41 Å². The second-order valence-electron chi connectivity index (χ2n) is 8.92. The van der Waals surface area contributed by atoms with E-state index in [0.29, 0.717) is 24.5 Å². The van der Waals surface area contributed by atoms with E-state index in [1.54, 1.807) is 0 Å². The predicted octanol–water partition coefficient (Wildman–Crippen LogP) is 7.91. The van der Waals surface area contributed by atoms with Gasteiger partial charge in [-0.05, 0) is 93.1 Å². The maximum Gasteiger partial charge on any atom is 0.311 e. The lowest BCUT2D eigenvalue weighted by Gasteiger charge is -2.23. The molecule has 0 N–H and O–H groups in total. The molecule has 0 aliphatic carbocycles. The maximum absolute atomic E-state index is 12.1. The minimum Gasteiger partial charge on any atom is -0.463 e. The van der Waals surface area contributed by atoms with E-state index >= 15 is 0 Å². The Hall–Kier alpha value is -4.31. The minimum atomic E-state index is -0.453. The van der Waals surface area contributed by atoms with Gasteiger partial charge in [-0.2, -0.15) is 20.5 Å². The van der Waals surface area contributed by atoms with Crippen LogP contribution in [0, 0.1) is 17.8 Å². The van der Waals surface area contributed by atoms with Crippen molar-refractivity contribution in [3.63, 3.8) is 0 Å². The van der Waals surface area contributed by atoms with Crippen molar-refractivity contribution in [3.8, 4) is 12.3 Å². The summed E-state index contributed by atoms with van der Waals surface area (Å²) in [5.41, 5.74) is 4.25. The van der Waals surface area contributed by atoms with Crippen LogP contribution in [0.1, 0.15) is 32.8 Å². The number of terminal acetylenes is 1. The molecule has 3 aromatic rings. The molecule has 0 unspecified atom stereocenters. The second-order valence-corrected chi connectivity index (χ2v) is 8.92. The van der Waals surface area contributed by atoms with Crippen LogP contribution in [0.3, 0.4) is 0 Å².